The zero-order chi connectivity index (χ0) is 12.8. The second kappa shape index (κ2) is 6.52. The summed E-state index contributed by atoms with van der Waals surface area (Å²) >= 11 is 1.79. The molecule has 0 fully saturated rings. The van der Waals surface area contributed by atoms with Crippen LogP contribution < -0.4 is 5.32 Å². The van der Waals surface area contributed by atoms with Gasteiger partial charge < -0.3 is 5.32 Å². The molecule has 0 aliphatic carbocycles. The number of benzene rings is 1. The Balaban J connectivity index is 1.86. The number of Topliss-reactive ketones (excluding diaryl/α,β-unsaturated/α-hetero) is 1. The van der Waals surface area contributed by atoms with Crippen molar-refractivity contribution < 1.29 is 4.79 Å². The van der Waals surface area contributed by atoms with Crippen molar-refractivity contribution >= 4 is 28.3 Å². The van der Waals surface area contributed by atoms with Crippen LogP contribution in [0.3, 0.4) is 0 Å². The number of thioether (sulfide) groups is 1. The van der Waals surface area contributed by atoms with Crippen LogP contribution in [0.4, 0.5) is 0 Å². The average Bonchev–Trinajstić information content (AvgIpc) is 2.38. The molecule has 18 heavy (non-hydrogen) atoms. The number of carbonyl (C=O) groups is 1. The number of fused-ring (bicyclic) bond motifs is 1. The summed E-state index contributed by atoms with van der Waals surface area (Å²) in [5, 5.41) is 5.49. The molecule has 2 rings (SSSR count). The molecule has 0 aliphatic rings. The monoisotopic (exact) mass is 260 g/mol. The van der Waals surface area contributed by atoms with Crippen molar-refractivity contribution in [3.05, 3.63) is 36.7 Å². The normalized spacial score (nSPS) is 10.7. The number of rotatable bonds is 6. The molecule has 0 saturated heterocycles. The summed E-state index contributed by atoms with van der Waals surface area (Å²) in [4.78, 5) is 16.1. The highest BCUT2D eigenvalue weighted by atomic mass is 32.2. The maximum absolute atomic E-state index is 10.7. The van der Waals surface area contributed by atoms with Crippen molar-refractivity contribution in [1.29, 1.82) is 0 Å². The Morgan fingerprint density at radius 2 is 2.22 bits per heavy atom. The first-order valence-corrected chi connectivity index (χ1v) is 6.91. The molecule has 0 spiro atoms. The summed E-state index contributed by atoms with van der Waals surface area (Å²) in [6.45, 7) is 2.90. The summed E-state index contributed by atoms with van der Waals surface area (Å²) < 4.78 is 0. The number of aromatic nitrogens is 1. The Labute approximate surface area is 111 Å². The predicted octanol–water partition coefficient (Wildman–Crippen LogP) is 2.51. The van der Waals surface area contributed by atoms with Crippen LogP contribution in [0.1, 0.15) is 6.92 Å². The van der Waals surface area contributed by atoms with E-state index in [2.05, 4.69) is 28.5 Å². The Morgan fingerprint density at radius 1 is 1.33 bits per heavy atom. The SMILES string of the molecule is CC(=O)CNCCSc1ccc2ccncc2c1. The van der Waals surface area contributed by atoms with Crippen LogP contribution in [-0.2, 0) is 4.79 Å². The smallest absolute Gasteiger partial charge is 0.143 e. The zero-order valence-corrected chi connectivity index (χ0v) is 11.2. The van der Waals surface area contributed by atoms with Gasteiger partial charge in [0.15, 0.2) is 0 Å². The van der Waals surface area contributed by atoms with E-state index in [4.69, 9.17) is 0 Å². The molecule has 0 unspecified atom stereocenters. The summed E-state index contributed by atoms with van der Waals surface area (Å²) in [6, 6.07) is 8.40. The molecule has 0 amide bonds. The van der Waals surface area contributed by atoms with Gasteiger partial charge in [-0.1, -0.05) is 6.07 Å². The van der Waals surface area contributed by atoms with Crippen LogP contribution in [0.15, 0.2) is 41.6 Å². The second-order valence-electron chi connectivity index (χ2n) is 4.11. The van der Waals surface area contributed by atoms with Gasteiger partial charge in [0, 0.05) is 35.0 Å². The van der Waals surface area contributed by atoms with E-state index in [0.717, 1.165) is 12.3 Å². The van der Waals surface area contributed by atoms with E-state index in [-0.39, 0.29) is 5.78 Å². The van der Waals surface area contributed by atoms with Gasteiger partial charge in [0.2, 0.25) is 0 Å². The van der Waals surface area contributed by atoms with Crippen molar-refractivity contribution in [2.45, 2.75) is 11.8 Å². The van der Waals surface area contributed by atoms with E-state index >= 15 is 0 Å². The molecule has 0 atom stereocenters. The fourth-order valence-corrected chi connectivity index (χ4v) is 2.52. The highest BCUT2D eigenvalue weighted by Gasteiger charge is 1.98. The molecule has 0 saturated carbocycles. The van der Waals surface area contributed by atoms with Gasteiger partial charge >= 0.3 is 0 Å². The molecule has 1 N–H and O–H groups in total. The predicted molar refractivity (Wildman–Crippen MR) is 76.0 cm³/mol. The first kappa shape index (κ1) is 13.1. The highest BCUT2D eigenvalue weighted by molar-refractivity contribution is 7.99. The molecule has 0 bridgehead atoms. The number of ketones is 1. The minimum absolute atomic E-state index is 0.178. The largest absolute Gasteiger partial charge is 0.309 e. The Morgan fingerprint density at radius 3 is 3.06 bits per heavy atom. The maximum atomic E-state index is 10.7. The second-order valence-corrected chi connectivity index (χ2v) is 5.28. The quantitative estimate of drug-likeness (QED) is 0.640. The molecule has 4 heteroatoms. The van der Waals surface area contributed by atoms with Gasteiger partial charge in [-0.2, -0.15) is 0 Å². The molecule has 3 nitrogen and oxygen atoms in total. The van der Waals surface area contributed by atoms with E-state index < -0.39 is 0 Å². The van der Waals surface area contributed by atoms with Crippen LogP contribution in [-0.4, -0.2) is 29.6 Å². The number of nitrogens with one attached hydrogen (secondary N) is 1. The summed E-state index contributed by atoms with van der Waals surface area (Å²) in [5.41, 5.74) is 0. The van der Waals surface area contributed by atoms with E-state index in [0.29, 0.717) is 6.54 Å². The first-order chi connectivity index (χ1) is 8.75. The Hall–Kier alpha value is -1.39. The Kier molecular flexibility index (Phi) is 4.73. The fourth-order valence-electron chi connectivity index (χ4n) is 1.66. The van der Waals surface area contributed by atoms with Crippen LogP contribution in [0.25, 0.3) is 10.8 Å². The lowest BCUT2D eigenvalue weighted by molar-refractivity contribution is -0.116. The number of pyridine rings is 1. The molecular weight excluding hydrogens is 244 g/mol. The van der Waals surface area contributed by atoms with Gasteiger partial charge in [-0.05, 0) is 30.5 Å². The van der Waals surface area contributed by atoms with Gasteiger partial charge in [0.25, 0.3) is 0 Å². The van der Waals surface area contributed by atoms with Crippen LogP contribution >= 0.6 is 11.8 Å². The zero-order valence-electron chi connectivity index (χ0n) is 10.3. The number of carbonyl (C=O) groups excluding carboxylic acids is 1. The fraction of sp³-hybridized carbons (Fsp3) is 0.286. The molecule has 0 aliphatic heterocycles. The first-order valence-electron chi connectivity index (χ1n) is 5.92. The maximum Gasteiger partial charge on any atom is 0.143 e. The molecule has 94 valence electrons. The van der Waals surface area contributed by atoms with Gasteiger partial charge in [-0.3, -0.25) is 9.78 Å². The van der Waals surface area contributed by atoms with Crippen molar-refractivity contribution in [2.24, 2.45) is 0 Å². The molecule has 1 aromatic carbocycles. The summed E-state index contributed by atoms with van der Waals surface area (Å²) in [5.74, 6) is 1.13. The van der Waals surface area contributed by atoms with Crippen molar-refractivity contribution in [3.63, 3.8) is 0 Å². The lowest BCUT2D eigenvalue weighted by atomic mass is 10.2. The Bertz CT molecular complexity index is 542. The number of hydrogen-bond donors (Lipinski definition) is 1. The molecule has 1 heterocycles. The molecular formula is C14H16N2OS. The third-order valence-electron chi connectivity index (χ3n) is 2.53. The average molecular weight is 260 g/mol. The van der Waals surface area contributed by atoms with Crippen LogP contribution in [0.5, 0.6) is 0 Å². The molecule has 1 aromatic heterocycles. The third-order valence-corrected chi connectivity index (χ3v) is 3.53. The van der Waals surface area contributed by atoms with Crippen LogP contribution in [0, 0.1) is 0 Å². The van der Waals surface area contributed by atoms with Crippen molar-refractivity contribution in [2.75, 3.05) is 18.8 Å². The van der Waals surface area contributed by atoms with Crippen molar-refractivity contribution in [1.82, 2.24) is 10.3 Å². The van der Waals surface area contributed by atoms with E-state index in [1.165, 1.54) is 15.7 Å². The van der Waals surface area contributed by atoms with Gasteiger partial charge in [-0.25, -0.2) is 0 Å². The van der Waals surface area contributed by atoms with Crippen molar-refractivity contribution in [3.8, 4) is 0 Å². The topological polar surface area (TPSA) is 42.0 Å². The van der Waals surface area contributed by atoms with Gasteiger partial charge in [0.1, 0.15) is 5.78 Å². The van der Waals surface area contributed by atoms with E-state index in [1.807, 2.05) is 12.3 Å². The third kappa shape index (κ3) is 3.82. The molecule has 2 aromatic rings. The standard InChI is InChI=1S/C14H16N2OS/c1-11(17)9-16-6-7-18-14-3-2-12-4-5-15-10-13(12)8-14/h2-5,8,10,16H,6-7,9H2,1H3. The van der Waals surface area contributed by atoms with Crippen LogP contribution in [0.2, 0.25) is 0 Å². The van der Waals surface area contributed by atoms with Gasteiger partial charge in [0.05, 0.1) is 6.54 Å². The highest BCUT2D eigenvalue weighted by Crippen LogP contribution is 2.22. The van der Waals surface area contributed by atoms with Gasteiger partial charge in [-0.15, -0.1) is 11.8 Å². The summed E-state index contributed by atoms with van der Waals surface area (Å²) in [6.07, 6.45) is 3.69. The minimum Gasteiger partial charge on any atom is -0.309 e. The lowest BCUT2D eigenvalue weighted by Gasteiger charge is -2.04. The number of hydrogen-bond acceptors (Lipinski definition) is 4. The minimum atomic E-state index is 0.178. The van der Waals surface area contributed by atoms with E-state index in [1.54, 1.807) is 24.9 Å². The summed E-state index contributed by atoms with van der Waals surface area (Å²) in [7, 11) is 0. The van der Waals surface area contributed by atoms with E-state index in [9.17, 15) is 4.79 Å². The number of nitrogens with zero attached hydrogens (tertiary/aromatic N) is 1. The molecule has 0 radical (unpaired) electrons. The lowest BCUT2D eigenvalue weighted by Crippen LogP contribution is -2.23.